The summed E-state index contributed by atoms with van der Waals surface area (Å²) in [6.07, 6.45) is 1.83. The number of aromatic nitrogens is 4. The minimum absolute atomic E-state index is 0.587. The van der Waals surface area contributed by atoms with Crippen LogP contribution in [0.5, 0.6) is 5.75 Å². The number of nitrogens with zero attached hydrogens (tertiary/aromatic N) is 5. The van der Waals surface area contributed by atoms with Gasteiger partial charge in [-0.25, -0.2) is 0 Å². The number of hydrogen-bond donors (Lipinski definition) is 0. The van der Waals surface area contributed by atoms with Gasteiger partial charge in [-0.3, -0.25) is 4.99 Å². The Hall–Kier alpha value is -3.28. The number of para-hydroxylation sites is 1. The molecule has 0 spiro atoms. The lowest BCUT2D eigenvalue weighted by molar-refractivity contribution is 0.414. The lowest BCUT2D eigenvalue weighted by atomic mass is 10.1. The monoisotopic (exact) mass is 331 g/mol. The van der Waals surface area contributed by atoms with E-state index < -0.39 is 0 Å². The molecule has 4 rings (SSSR count). The van der Waals surface area contributed by atoms with Gasteiger partial charge < -0.3 is 4.74 Å². The molecular weight excluding hydrogens is 314 g/mol. The van der Waals surface area contributed by atoms with Crippen LogP contribution in [0.3, 0.4) is 0 Å². The normalized spacial score (nSPS) is 11.6. The predicted octanol–water partition coefficient (Wildman–Crippen LogP) is 3.21. The van der Waals surface area contributed by atoms with E-state index in [4.69, 9.17) is 4.74 Å². The number of pyridine rings is 1. The van der Waals surface area contributed by atoms with Crippen LogP contribution in [0, 0.1) is 6.92 Å². The van der Waals surface area contributed by atoms with Crippen LogP contribution in [0.25, 0.3) is 16.6 Å². The van der Waals surface area contributed by atoms with Gasteiger partial charge in [0.1, 0.15) is 5.75 Å². The average Bonchev–Trinajstić information content (AvgIpc) is 3.12. The molecule has 6 nitrogen and oxygen atoms in total. The second-order valence-corrected chi connectivity index (χ2v) is 5.84. The number of hydrogen-bond acceptors (Lipinski definition) is 5. The summed E-state index contributed by atoms with van der Waals surface area (Å²) in [5.74, 6) is 0.842. The summed E-state index contributed by atoms with van der Waals surface area (Å²) in [7, 11) is 1.66. The highest BCUT2D eigenvalue weighted by atomic mass is 16.5. The van der Waals surface area contributed by atoms with Gasteiger partial charge in [-0.1, -0.05) is 30.3 Å². The molecule has 0 fully saturated rings. The van der Waals surface area contributed by atoms with Crippen molar-refractivity contribution >= 4 is 22.8 Å². The van der Waals surface area contributed by atoms with E-state index in [0.29, 0.717) is 12.2 Å². The maximum absolute atomic E-state index is 5.17. The van der Waals surface area contributed by atoms with Gasteiger partial charge in [-0.05, 0) is 46.7 Å². The van der Waals surface area contributed by atoms with Crippen molar-refractivity contribution in [3.63, 3.8) is 0 Å². The topological polar surface area (TPSA) is 64.7 Å². The number of benzene rings is 2. The van der Waals surface area contributed by atoms with E-state index in [1.165, 1.54) is 0 Å². The van der Waals surface area contributed by atoms with Crippen molar-refractivity contribution in [2.45, 2.75) is 13.5 Å². The first-order valence-corrected chi connectivity index (χ1v) is 7.99. The molecule has 0 saturated carbocycles. The summed E-state index contributed by atoms with van der Waals surface area (Å²) in [4.78, 5) is 4.55. The second kappa shape index (κ2) is 6.32. The minimum Gasteiger partial charge on any atom is -0.497 e. The first-order valence-electron chi connectivity index (χ1n) is 7.99. The summed E-state index contributed by atoms with van der Waals surface area (Å²) < 4.78 is 6.95. The molecule has 0 saturated heterocycles. The van der Waals surface area contributed by atoms with Crippen molar-refractivity contribution in [2.75, 3.05) is 7.11 Å². The number of methoxy groups -OCH3 is 1. The molecule has 0 aliphatic heterocycles. The van der Waals surface area contributed by atoms with Crippen molar-refractivity contribution < 1.29 is 4.74 Å². The number of ether oxygens (including phenoxy) is 1. The number of fused-ring (bicyclic) bond motifs is 3. The maximum atomic E-state index is 5.17. The van der Waals surface area contributed by atoms with E-state index in [1.54, 1.807) is 11.6 Å². The third-order valence-corrected chi connectivity index (χ3v) is 4.18. The van der Waals surface area contributed by atoms with Gasteiger partial charge in [0, 0.05) is 17.2 Å². The molecule has 25 heavy (non-hydrogen) atoms. The van der Waals surface area contributed by atoms with Crippen LogP contribution in [-0.2, 0) is 6.54 Å². The fourth-order valence-corrected chi connectivity index (χ4v) is 2.91. The number of aryl methyl sites for hydroxylation is 1. The van der Waals surface area contributed by atoms with Crippen LogP contribution in [0.1, 0.15) is 16.7 Å². The Balaban J connectivity index is 1.69. The lowest BCUT2D eigenvalue weighted by Crippen LogP contribution is -1.98. The van der Waals surface area contributed by atoms with Gasteiger partial charge >= 0.3 is 0 Å². The van der Waals surface area contributed by atoms with Crippen molar-refractivity contribution in [3.8, 4) is 5.75 Å². The van der Waals surface area contributed by atoms with Gasteiger partial charge in [-0.2, -0.15) is 4.52 Å². The third-order valence-electron chi connectivity index (χ3n) is 4.18. The molecular formula is C19H17N5O. The van der Waals surface area contributed by atoms with Crippen molar-refractivity contribution in [3.05, 3.63) is 65.2 Å². The van der Waals surface area contributed by atoms with Crippen LogP contribution in [0.4, 0.5) is 0 Å². The predicted molar refractivity (Wildman–Crippen MR) is 97.3 cm³/mol. The van der Waals surface area contributed by atoms with E-state index in [-0.39, 0.29) is 0 Å². The zero-order valence-electron chi connectivity index (χ0n) is 14.0. The van der Waals surface area contributed by atoms with Gasteiger partial charge in [0.2, 0.25) is 0 Å². The van der Waals surface area contributed by atoms with E-state index in [2.05, 4.69) is 45.6 Å². The molecule has 0 unspecified atom stereocenters. The van der Waals surface area contributed by atoms with Gasteiger partial charge in [0.05, 0.1) is 19.2 Å². The van der Waals surface area contributed by atoms with Gasteiger partial charge in [-0.15, -0.1) is 5.10 Å². The standard InChI is InChI=1S/C19H17N5O/c1-13-4-3-5-15-10-16(19-21-22-23-24(19)18(13)15)12-20-11-14-6-8-17(25-2)9-7-14/h3-10,12H,11H2,1-2H3. The summed E-state index contributed by atoms with van der Waals surface area (Å²) in [5, 5.41) is 13.2. The Bertz CT molecular complexity index is 1070. The molecule has 0 amide bonds. The average molecular weight is 331 g/mol. The molecule has 2 heterocycles. The zero-order valence-corrected chi connectivity index (χ0v) is 14.0. The third kappa shape index (κ3) is 2.82. The number of rotatable bonds is 4. The lowest BCUT2D eigenvalue weighted by Gasteiger charge is -2.05. The number of aliphatic imine (C=N–C) groups is 1. The van der Waals surface area contributed by atoms with Crippen molar-refractivity contribution in [1.82, 2.24) is 20.0 Å². The Kier molecular flexibility index (Phi) is 3.85. The highest BCUT2D eigenvalue weighted by molar-refractivity contribution is 5.95. The highest BCUT2D eigenvalue weighted by Gasteiger charge is 2.09. The maximum Gasteiger partial charge on any atom is 0.188 e. The van der Waals surface area contributed by atoms with Crippen LogP contribution < -0.4 is 4.74 Å². The fraction of sp³-hybridized carbons (Fsp3) is 0.158. The van der Waals surface area contributed by atoms with Crippen LogP contribution in [0.15, 0.2) is 53.5 Å². The molecule has 0 bridgehead atoms. The molecule has 0 atom stereocenters. The largest absolute Gasteiger partial charge is 0.497 e. The molecule has 2 aromatic carbocycles. The Labute approximate surface area is 144 Å². The molecule has 6 heteroatoms. The van der Waals surface area contributed by atoms with E-state index in [0.717, 1.165) is 33.3 Å². The van der Waals surface area contributed by atoms with E-state index >= 15 is 0 Å². The first-order chi connectivity index (χ1) is 12.3. The Morgan fingerprint density at radius 1 is 1.16 bits per heavy atom. The zero-order chi connectivity index (χ0) is 17.2. The molecule has 0 aliphatic rings. The molecule has 0 radical (unpaired) electrons. The molecule has 4 aromatic rings. The SMILES string of the molecule is COc1ccc(CN=Cc2cc3cccc(C)c3n3nnnc23)cc1. The fourth-order valence-electron chi connectivity index (χ4n) is 2.91. The van der Waals surface area contributed by atoms with E-state index in [9.17, 15) is 0 Å². The van der Waals surface area contributed by atoms with Crippen molar-refractivity contribution in [1.29, 1.82) is 0 Å². The Morgan fingerprint density at radius 2 is 2.00 bits per heavy atom. The van der Waals surface area contributed by atoms with Crippen molar-refractivity contribution in [2.24, 2.45) is 4.99 Å². The van der Waals surface area contributed by atoms with Crippen LogP contribution in [-0.4, -0.2) is 33.4 Å². The van der Waals surface area contributed by atoms with Gasteiger partial charge in [0.25, 0.3) is 0 Å². The highest BCUT2D eigenvalue weighted by Crippen LogP contribution is 2.21. The second-order valence-electron chi connectivity index (χ2n) is 5.84. The minimum atomic E-state index is 0.587. The van der Waals surface area contributed by atoms with Gasteiger partial charge in [0.15, 0.2) is 5.65 Å². The first kappa shape index (κ1) is 15.3. The quantitative estimate of drug-likeness (QED) is 0.539. The summed E-state index contributed by atoms with van der Waals surface area (Å²) in [6, 6.07) is 16.1. The molecule has 0 N–H and O–H groups in total. The van der Waals surface area contributed by atoms with Crippen LogP contribution in [0.2, 0.25) is 0 Å². The summed E-state index contributed by atoms with van der Waals surface area (Å²) in [6.45, 7) is 2.64. The summed E-state index contributed by atoms with van der Waals surface area (Å²) >= 11 is 0. The van der Waals surface area contributed by atoms with Crippen LogP contribution >= 0.6 is 0 Å². The smallest absolute Gasteiger partial charge is 0.188 e. The number of tetrazole rings is 1. The molecule has 2 aromatic heterocycles. The summed E-state index contributed by atoms with van der Waals surface area (Å²) in [5.41, 5.74) is 4.88. The Morgan fingerprint density at radius 3 is 2.80 bits per heavy atom. The molecule has 0 aliphatic carbocycles. The molecule has 124 valence electrons. The van der Waals surface area contributed by atoms with E-state index in [1.807, 2.05) is 36.5 Å².